The molecule has 2 aliphatic rings. The molecule has 3 aromatic rings. The smallest absolute Gasteiger partial charge is 0.401 e. The zero-order valence-corrected chi connectivity index (χ0v) is 23.6. The molecule has 3 aromatic heterocycles. The first-order valence-electron chi connectivity index (χ1n) is 14.0. The molecule has 0 aliphatic carbocycles. The van der Waals surface area contributed by atoms with Gasteiger partial charge in [0.1, 0.15) is 0 Å². The van der Waals surface area contributed by atoms with E-state index in [0.29, 0.717) is 37.8 Å². The summed E-state index contributed by atoms with van der Waals surface area (Å²) in [6, 6.07) is 4.09. The van der Waals surface area contributed by atoms with Crippen LogP contribution >= 0.6 is 0 Å². The van der Waals surface area contributed by atoms with Crippen LogP contribution in [0.4, 0.5) is 13.2 Å². The number of nitrogens with zero attached hydrogens (tertiary/aromatic N) is 5. The molecule has 0 aromatic carbocycles. The molecular weight excluding hydrogens is 523 g/mol. The van der Waals surface area contributed by atoms with Crippen LogP contribution in [0, 0.1) is 6.92 Å². The summed E-state index contributed by atoms with van der Waals surface area (Å²) < 4.78 is 54.0. The van der Waals surface area contributed by atoms with Gasteiger partial charge in [-0.05, 0) is 58.2 Å². The van der Waals surface area contributed by atoms with Crippen molar-refractivity contribution in [1.82, 2.24) is 24.0 Å². The lowest BCUT2D eigenvalue weighted by Crippen LogP contribution is -2.49. The van der Waals surface area contributed by atoms with Crippen LogP contribution in [-0.2, 0) is 9.47 Å². The second-order valence-corrected chi connectivity index (χ2v) is 11.2. The maximum Gasteiger partial charge on any atom is 0.401 e. The summed E-state index contributed by atoms with van der Waals surface area (Å²) >= 11 is 0. The molecule has 218 valence electrons. The standard InChI is InChI=1S/C29H38F3N5O3/c1-19(2)40-28(38)25-15-26-24(22-16-33-37(17-22)23-6-13-39-14-7-23)5-8-36(26)27(20(25)3)21(4)35-11-9-34(10-12-35)18-29(30,31)32/h5,8,15-17,19,21,23H,6-7,9-14,18H2,1-4H3. The average molecular weight is 562 g/mol. The Balaban J connectivity index is 1.51. The first-order chi connectivity index (χ1) is 19.0. The van der Waals surface area contributed by atoms with Crippen LogP contribution in [0.15, 0.2) is 30.7 Å². The van der Waals surface area contributed by atoms with Gasteiger partial charge in [0.25, 0.3) is 0 Å². The van der Waals surface area contributed by atoms with E-state index in [4.69, 9.17) is 9.47 Å². The Labute approximate surface area is 232 Å². The summed E-state index contributed by atoms with van der Waals surface area (Å²) in [5.74, 6) is -0.386. The van der Waals surface area contributed by atoms with Gasteiger partial charge >= 0.3 is 12.1 Å². The summed E-state index contributed by atoms with van der Waals surface area (Å²) in [4.78, 5) is 16.9. The number of piperazine rings is 1. The van der Waals surface area contributed by atoms with Gasteiger partial charge in [-0.1, -0.05) is 0 Å². The first-order valence-corrected chi connectivity index (χ1v) is 14.0. The van der Waals surface area contributed by atoms with Crippen LogP contribution in [-0.4, -0.2) is 88.2 Å². The van der Waals surface area contributed by atoms with Crippen molar-refractivity contribution >= 4 is 11.5 Å². The zero-order chi connectivity index (χ0) is 28.6. The number of halogens is 3. The second-order valence-electron chi connectivity index (χ2n) is 11.2. The van der Waals surface area contributed by atoms with Crippen LogP contribution in [0.3, 0.4) is 0 Å². The summed E-state index contributed by atoms with van der Waals surface area (Å²) in [7, 11) is 0. The van der Waals surface area contributed by atoms with Crippen molar-refractivity contribution in [1.29, 1.82) is 0 Å². The lowest BCUT2D eigenvalue weighted by atomic mass is 9.99. The van der Waals surface area contributed by atoms with E-state index in [-0.39, 0.29) is 18.1 Å². The maximum absolute atomic E-state index is 13.2. The maximum atomic E-state index is 13.2. The Morgan fingerprint density at radius 1 is 1.15 bits per heavy atom. The number of alkyl halides is 3. The fraction of sp³-hybridized carbons (Fsp3) is 0.586. The van der Waals surface area contributed by atoms with E-state index in [1.165, 1.54) is 4.90 Å². The van der Waals surface area contributed by atoms with Crippen molar-refractivity contribution in [2.24, 2.45) is 0 Å². The van der Waals surface area contributed by atoms with Crippen molar-refractivity contribution < 1.29 is 27.4 Å². The van der Waals surface area contributed by atoms with E-state index in [2.05, 4.69) is 27.5 Å². The van der Waals surface area contributed by atoms with Crippen LogP contribution in [0.5, 0.6) is 0 Å². The number of ether oxygens (including phenoxy) is 2. The fourth-order valence-corrected chi connectivity index (χ4v) is 5.98. The average Bonchev–Trinajstić information content (AvgIpc) is 3.55. The summed E-state index contributed by atoms with van der Waals surface area (Å²) in [6.45, 7) is 9.86. The molecule has 0 bridgehead atoms. The topological polar surface area (TPSA) is 64.2 Å². The molecule has 1 atom stereocenters. The Kier molecular flexibility index (Phi) is 8.26. The lowest BCUT2D eigenvalue weighted by Gasteiger charge is -2.39. The van der Waals surface area contributed by atoms with Gasteiger partial charge in [-0.15, -0.1) is 0 Å². The number of rotatable bonds is 7. The second kappa shape index (κ2) is 11.5. The van der Waals surface area contributed by atoms with Gasteiger partial charge in [0, 0.05) is 74.6 Å². The highest BCUT2D eigenvalue weighted by Crippen LogP contribution is 2.35. The Morgan fingerprint density at radius 3 is 2.50 bits per heavy atom. The van der Waals surface area contributed by atoms with E-state index < -0.39 is 12.7 Å². The van der Waals surface area contributed by atoms with Crippen molar-refractivity contribution in [2.75, 3.05) is 45.9 Å². The van der Waals surface area contributed by atoms with E-state index in [9.17, 15) is 18.0 Å². The monoisotopic (exact) mass is 561 g/mol. The van der Waals surface area contributed by atoms with Crippen molar-refractivity contribution in [3.05, 3.63) is 47.5 Å². The van der Waals surface area contributed by atoms with Crippen molar-refractivity contribution in [3.63, 3.8) is 0 Å². The molecule has 40 heavy (non-hydrogen) atoms. The Bertz CT molecular complexity index is 1330. The van der Waals surface area contributed by atoms with E-state index in [0.717, 1.165) is 54.0 Å². The van der Waals surface area contributed by atoms with Crippen LogP contribution in [0.25, 0.3) is 16.6 Å². The molecule has 0 saturated carbocycles. The predicted molar refractivity (Wildman–Crippen MR) is 145 cm³/mol. The molecule has 5 rings (SSSR count). The number of pyridine rings is 1. The highest BCUT2D eigenvalue weighted by molar-refractivity contribution is 5.95. The molecular formula is C29H38F3N5O3. The fourth-order valence-electron chi connectivity index (χ4n) is 5.98. The number of hydrogen-bond donors (Lipinski definition) is 0. The van der Waals surface area contributed by atoms with Gasteiger partial charge in [-0.2, -0.15) is 18.3 Å². The van der Waals surface area contributed by atoms with E-state index >= 15 is 0 Å². The molecule has 1 unspecified atom stereocenters. The summed E-state index contributed by atoms with van der Waals surface area (Å²) in [6.07, 6.45) is 3.28. The molecule has 0 spiro atoms. The number of carbonyl (C=O) groups is 1. The van der Waals surface area contributed by atoms with Gasteiger partial charge < -0.3 is 13.9 Å². The molecule has 0 amide bonds. The molecule has 0 radical (unpaired) electrons. The molecule has 5 heterocycles. The number of carbonyl (C=O) groups excluding carboxylic acids is 1. The summed E-state index contributed by atoms with van der Waals surface area (Å²) in [5.41, 5.74) is 5.02. The Hall–Kier alpha value is -2.89. The van der Waals surface area contributed by atoms with Gasteiger partial charge in [-0.3, -0.25) is 14.5 Å². The normalized spacial score (nSPS) is 19.0. The van der Waals surface area contributed by atoms with Crippen LogP contribution in [0.2, 0.25) is 0 Å². The van der Waals surface area contributed by atoms with Gasteiger partial charge in [0.2, 0.25) is 0 Å². The van der Waals surface area contributed by atoms with Crippen LogP contribution in [0.1, 0.15) is 67.3 Å². The first kappa shape index (κ1) is 28.6. The van der Waals surface area contributed by atoms with Crippen LogP contribution < -0.4 is 0 Å². The largest absolute Gasteiger partial charge is 0.459 e. The molecule has 0 N–H and O–H groups in total. The number of fused-ring (bicyclic) bond motifs is 1. The predicted octanol–water partition coefficient (Wildman–Crippen LogP) is 5.27. The SMILES string of the molecule is Cc1c(C(=O)OC(C)C)cc2c(-c3cnn(C4CCOCC4)c3)ccn2c1C(C)N1CCN(CC(F)(F)F)CC1. The van der Waals surface area contributed by atoms with Crippen molar-refractivity contribution in [2.45, 2.75) is 64.9 Å². The summed E-state index contributed by atoms with van der Waals surface area (Å²) in [5, 5.41) is 4.65. The molecule has 2 aliphatic heterocycles. The third-order valence-electron chi connectivity index (χ3n) is 8.05. The Morgan fingerprint density at radius 2 is 1.85 bits per heavy atom. The molecule has 2 fully saturated rings. The molecule has 11 heteroatoms. The number of esters is 1. The van der Waals surface area contributed by atoms with E-state index in [1.54, 1.807) is 0 Å². The zero-order valence-electron chi connectivity index (χ0n) is 23.6. The third kappa shape index (κ3) is 6.06. The number of aromatic nitrogens is 3. The number of hydrogen-bond acceptors (Lipinski definition) is 6. The van der Waals surface area contributed by atoms with Gasteiger partial charge in [-0.25, -0.2) is 4.79 Å². The highest BCUT2D eigenvalue weighted by atomic mass is 19.4. The minimum absolute atomic E-state index is 0.132. The minimum Gasteiger partial charge on any atom is -0.459 e. The molecule has 2 saturated heterocycles. The van der Waals surface area contributed by atoms with E-state index in [1.807, 2.05) is 50.0 Å². The quantitative estimate of drug-likeness (QED) is 0.367. The lowest BCUT2D eigenvalue weighted by molar-refractivity contribution is -0.149. The van der Waals surface area contributed by atoms with Gasteiger partial charge in [0.05, 0.1) is 36.0 Å². The third-order valence-corrected chi connectivity index (χ3v) is 8.05. The van der Waals surface area contributed by atoms with Crippen molar-refractivity contribution in [3.8, 4) is 11.1 Å². The highest BCUT2D eigenvalue weighted by Gasteiger charge is 2.34. The molecule has 8 nitrogen and oxygen atoms in total. The minimum atomic E-state index is -4.21. The van der Waals surface area contributed by atoms with Gasteiger partial charge in [0.15, 0.2) is 0 Å².